The van der Waals surface area contributed by atoms with Crippen LogP contribution in [0.1, 0.15) is 41.6 Å². The zero-order valence-corrected chi connectivity index (χ0v) is 10.8. The largest absolute Gasteiger partial charge is 0.396 e. The van der Waals surface area contributed by atoms with Crippen LogP contribution in [-0.2, 0) is 0 Å². The molecule has 0 bridgehead atoms. The Bertz CT molecular complexity index is 309. The summed E-state index contributed by atoms with van der Waals surface area (Å²) in [5.41, 5.74) is 1.39. The van der Waals surface area contributed by atoms with Gasteiger partial charge in [-0.1, -0.05) is 0 Å². The zero-order chi connectivity index (χ0) is 11.4. The number of aliphatic hydroxyl groups is 1. The van der Waals surface area contributed by atoms with E-state index in [1.165, 1.54) is 15.3 Å². The van der Waals surface area contributed by atoms with Crippen LogP contribution in [0.4, 0.5) is 0 Å². The van der Waals surface area contributed by atoms with E-state index in [2.05, 4.69) is 39.1 Å². The molecule has 0 saturated carbocycles. The van der Waals surface area contributed by atoms with Crippen LogP contribution in [0.3, 0.4) is 0 Å². The van der Waals surface area contributed by atoms with Gasteiger partial charge in [-0.25, -0.2) is 0 Å². The highest BCUT2D eigenvalue weighted by atomic mass is 32.1. The number of hydrogen-bond donors (Lipinski definition) is 2. The van der Waals surface area contributed by atoms with Crippen molar-refractivity contribution in [2.24, 2.45) is 0 Å². The summed E-state index contributed by atoms with van der Waals surface area (Å²) >= 11 is 1.85. The summed E-state index contributed by atoms with van der Waals surface area (Å²) in [6.07, 6.45) is 0.812. The molecule has 0 aromatic carbocycles. The summed E-state index contributed by atoms with van der Waals surface area (Å²) in [4.78, 5) is 2.76. The molecule has 0 spiro atoms. The lowest BCUT2D eigenvalue weighted by molar-refractivity contribution is 0.264. The lowest BCUT2D eigenvalue weighted by Gasteiger charge is -2.19. The summed E-state index contributed by atoms with van der Waals surface area (Å²) in [7, 11) is 0. The van der Waals surface area contributed by atoms with Gasteiger partial charge in [0.15, 0.2) is 0 Å². The van der Waals surface area contributed by atoms with Gasteiger partial charge in [0.25, 0.3) is 0 Å². The molecule has 0 saturated heterocycles. The van der Waals surface area contributed by atoms with Crippen molar-refractivity contribution in [1.82, 2.24) is 5.32 Å². The van der Waals surface area contributed by atoms with Crippen molar-refractivity contribution >= 4 is 11.3 Å². The minimum Gasteiger partial charge on any atom is -0.396 e. The smallest absolute Gasteiger partial charge is 0.0445 e. The highest BCUT2D eigenvalue weighted by Crippen LogP contribution is 2.26. The predicted molar refractivity (Wildman–Crippen MR) is 66.5 cm³/mol. The Labute approximate surface area is 96.3 Å². The van der Waals surface area contributed by atoms with E-state index in [0.717, 1.165) is 6.42 Å². The fourth-order valence-corrected chi connectivity index (χ4v) is 2.90. The van der Waals surface area contributed by atoms with Crippen molar-refractivity contribution in [2.75, 3.05) is 6.61 Å². The van der Waals surface area contributed by atoms with Gasteiger partial charge in [0.05, 0.1) is 0 Å². The first kappa shape index (κ1) is 12.7. The average molecular weight is 227 g/mol. The quantitative estimate of drug-likeness (QED) is 0.810. The van der Waals surface area contributed by atoms with E-state index in [4.69, 9.17) is 5.11 Å². The van der Waals surface area contributed by atoms with Gasteiger partial charge in [0, 0.05) is 28.4 Å². The molecule has 0 amide bonds. The maximum absolute atomic E-state index is 8.84. The highest BCUT2D eigenvalue weighted by Gasteiger charge is 2.13. The van der Waals surface area contributed by atoms with Crippen molar-refractivity contribution in [1.29, 1.82) is 0 Å². The third-order valence-corrected chi connectivity index (χ3v) is 3.62. The molecule has 3 heteroatoms. The molecule has 0 radical (unpaired) electrons. The third kappa shape index (κ3) is 3.59. The molecule has 2 nitrogen and oxygen atoms in total. The summed E-state index contributed by atoms with van der Waals surface area (Å²) in [5, 5.41) is 12.3. The number of aliphatic hydroxyl groups excluding tert-OH is 1. The molecule has 15 heavy (non-hydrogen) atoms. The minimum atomic E-state index is 0.253. The summed E-state index contributed by atoms with van der Waals surface area (Å²) < 4.78 is 0. The second-order valence-electron chi connectivity index (χ2n) is 4.17. The Balaban J connectivity index is 2.60. The molecule has 0 aliphatic heterocycles. The van der Waals surface area contributed by atoms with Crippen molar-refractivity contribution in [3.63, 3.8) is 0 Å². The van der Waals surface area contributed by atoms with Crippen LogP contribution in [0.2, 0.25) is 0 Å². The van der Waals surface area contributed by atoms with Crippen LogP contribution in [0.25, 0.3) is 0 Å². The van der Waals surface area contributed by atoms with Gasteiger partial charge >= 0.3 is 0 Å². The first-order valence-corrected chi connectivity index (χ1v) is 6.30. The molecule has 0 aliphatic rings. The predicted octanol–water partition coefficient (Wildman–Crippen LogP) is 2.79. The molecule has 1 aromatic heterocycles. The first-order valence-electron chi connectivity index (χ1n) is 5.48. The van der Waals surface area contributed by atoms with E-state index in [9.17, 15) is 0 Å². The molecule has 1 rings (SSSR count). The van der Waals surface area contributed by atoms with Crippen molar-refractivity contribution in [2.45, 2.75) is 46.2 Å². The van der Waals surface area contributed by atoms with Crippen LogP contribution >= 0.6 is 11.3 Å². The Hall–Kier alpha value is -0.380. The number of rotatable bonds is 5. The standard InChI is InChI=1S/C12H21NOS/c1-8(5-6-14)13-10(3)12-7-9(2)15-11(12)4/h7-8,10,13-14H,5-6H2,1-4H3. The molecule has 86 valence electrons. The molecule has 2 N–H and O–H groups in total. The molecule has 0 aliphatic carbocycles. The van der Waals surface area contributed by atoms with E-state index < -0.39 is 0 Å². The van der Waals surface area contributed by atoms with Gasteiger partial charge in [-0.3, -0.25) is 0 Å². The first-order chi connectivity index (χ1) is 7.04. The van der Waals surface area contributed by atoms with Gasteiger partial charge in [-0.2, -0.15) is 0 Å². The van der Waals surface area contributed by atoms with Gasteiger partial charge in [0.2, 0.25) is 0 Å². The Morgan fingerprint density at radius 1 is 1.40 bits per heavy atom. The number of thiophene rings is 1. The summed E-state index contributed by atoms with van der Waals surface area (Å²) in [6.45, 7) is 8.86. The molecule has 1 heterocycles. The molecular formula is C12H21NOS. The van der Waals surface area contributed by atoms with E-state index >= 15 is 0 Å². The number of hydrogen-bond acceptors (Lipinski definition) is 3. The van der Waals surface area contributed by atoms with Crippen LogP contribution in [0.15, 0.2) is 6.07 Å². The lowest BCUT2D eigenvalue weighted by Crippen LogP contribution is -2.29. The topological polar surface area (TPSA) is 32.3 Å². The van der Waals surface area contributed by atoms with E-state index in [-0.39, 0.29) is 6.61 Å². The molecule has 2 atom stereocenters. The van der Waals surface area contributed by atoms with Gasteiger partial charge in [-0.15, -0.1) is 11.3 Å². The zero-order valence-electron chi connectivity index (χ0n) is 10.0. The van der Waals surface area contributed by atoms with E-state index in [1.54, 1.807) is 0 Å². The highest BCUT2D eigenvalue weighted by molar-refractivity contribution is 7.12. The minimum absolute atomic E-state index is 0.253. The maximum Gasteiger partial charge on any atom is 0.0445 e. The van der Waals surface area contributed by atoms with Crippen molar-refractivity contribution in [3.05, 3.63) is 21.4 Å². The third-order valence-electron chi connectivity index (χ3n) is 2.64. The van der Waals surface area contributed by atoms with Gasteiger partial charge in [-0.05, 0) is 45.7 Å². The maximum atomic E-state index is 8.84. The van der Waals surface area contributed by atoms with E-state index in [0.29, 0.717) is 12.1 Å². The Kier molecular flexibility index (Phi) is 4.77. The lowest BCUT2D eigenvalue weighted by atomic mass is 10.1. The molecule has 2 unspecified atom stereocenters. The Morgan fingerprint density at radius 3 is 2.53 bits per heavy atom. The SMILES string of the molecule is Cc1cc(C(C)NC(C)CCO)c(C)s1. The van der Waals surface area contributed by atoms with Gasteiger partial charge in [0.1, 0.15) is 0 Å². The van der Waals surface area contributed by atoms with Crippen LogP contribution in [0.5, 0.6) is 0 Å². The van der Waals surface area contributed by atoms with Crippen molar-refractivity contribution < 1.29 is 5.11 Å². The van der Waals surface area contributed by atoms with Crippen LogP contribution in [0, 0.1) is 13.8 Å². The fourth-order valence-electron chi connectivity index (χ4n) is 1.87. The normalized spacial score (nSPS) is 15.3. The second-order valence-corrected chi connectivity index (χ2v) is 5.63. The summed E-state index contributed by atoms with van der Waals surface area (Å²) in [6, 6.07) is 2.99. The van der Waals surface area contributed by atoms with Crippen LogP contribution in [-0.4, -0.2) is 17.8 Å². The monoisotopic (exact) mass is 227 g/mol. The number of aryl methyl sites for hydroxylation is 2. The number of nitrogens with one attached hydrogen (secondary N) is 1. The van der Waals surface area contributed by atoms with Crippen LogP contribution < -0.4 is 5.32 Å². The van der Waals surface area contributed by atoms with Crippen molar-refractivity contribution in [3.8, 4) is 0 Å². The molecule has 1 aromatic rings. The molecule has 0 fully saturated rings. The fraction of sp³-hybridized carbons (Fsp3) is 0.667. The molecular weight excluding hydrogens is 206 g/mol. The Morgan fingerprint density at radius 2 is 2.07 bits per heavy atom. The second kappa shape index (κ2) is 5.64. The summed E-state index contributed by atoms with van der Waals surface area (Å²) in [5.74, 6) is 0. The van der Waals surface area contributed by atoms with Gasteiger partial charge < -0.3 is 10.4 Å². The van der Waals surface area contributed by atoms with E-state index in [1.807, 2.05) is 11.3 Å². The average Bonchev–Trinajstić information content (AvgIpc) is 2.45.